The Morgan fingerprint density at radius 1 is 1.07 bits per heavy atom. The smallest absolute Gasteiger partial charge is 0.223 e. The van der Waals surface area contributed by atoms with Crippen LogP contribution in [0.25, 0.3) is 16.9 Å². The Labute approximate surface area is 252 Å². The second-order valence-corrected chi connectivity index (χ2v) is 11.6. The van der Waals surface area contributed by atoms with Crippen LogP contribution in [0.4, 0.5) is 11.5 Å². The van der Waals surface area contributed by atoms with Crippen molar-refractivity contribution in [1.82, 2.24) is 34.7 Å². The molecule has 2 aromatic heterocycles. The highest BCUT2D eigenvalue weighted by molar-refractivity contribution is 5.92. The van der Waals surface area contributed by atoms with E-state index < -0.39 is 0 Å². The summed E-state index contributed by atoms with van der Waals surface area (Å²) in [6.07, 6.45) is 6.06. The van der Waals surface area contributed by atoms with E-state index in [-0.39, 0.29) is 24.5 Å². The van der Waals surface area contributed by atoms with Crippen LogP contribution in [0, 0.1) is 0 Å². The standard InChI is InChI=1S/C31H41N9O3/c1-36(2)10-4-5-24(41)8-9-29(42)38-13-11-37(12-14-38)21-23-19-28-31(39-15-17-43-18-16-39)33-30(35-40(28)22-23)25-6-3-7-27-26(25)20-32-34-27/h3-7,19,22,32,34H,8-18,20-21H2,1-2H3/b5-4+. The summed E-state index contributed by atoms with van der Waals surface area (Å²) in [6.45, 7) is 8.05. The summed E-state index contributed by atoms with van der Waals surface area (Å²) < 4.78 is 7.60. The topological polar surface area (TPSA) is 111 Å². The second kappa shape index (κ2) is 13.2. The Balaban J connectivity index is 1.13. The molecule has 43 heavy (non-hydrogen) atoms. The number of anilines is 2. The molecule has 3 aliphatic rings. The number of hydrogen-bond donors (Lipinski definition) is 2. The summed E-state index contributed by atoms with van der Waals surface area (Å²) in [6, 6.07) is 8.37. The van der Waals surface area contributed by atoms with Gasteiger partial charge in [0.15, 0.2) is 17.4 Å². The molecule has 3 aliphatic heterocycles. The van der Waals surface area contributed by atoms with Gasteiger partial charge in [-0.2, -0.15) is 0 Å². The number of allylic oxidation sites excluding steroid dienone is 1. The minimum atomic E-state index is 0.00213. The number of ether oxygens (including phenoxy) is 1. The lowest BCUT2D eigenvalue weighted by Gasteiger charge is -2.34. The summed E-state index contributed by atoms with van der Waals surface area (Å²) in [5.74, 6) is 1.69. The fourth-order valence-electron chi connectivity index (χ4n) is 5.86. The Hall–Kier alpha value is -3.84. The maximum absolute atomic E-state index is 12.8. The van der Waals surface area contributed by atoms with Crippen molar-refractivity contribution >= 4 is 28.7 Å². The number of nitrogens with one attached hydrogen (secondary N) is 2. The SMILES string of the molecule is CN(C)C/C=C/C(=O)CCC(=O)N1CCN(Cc2cc3c(N4CCOCC4)nc(-c4cccc5c4CNN5)nn3c2)CC1. The van der Waals surface area contributed by atoms with Gasteiger partial charge in [0.2, 0.25) is 5.91 Å². The van der Waals surface area contributed by atoms with E-state index >= 15 is 0 Å². The Bertz CT molecular complexity index is 1490. The van der Waals surface area contributed by atoms with Gasteiger partial charge in [-0.1, -0.05) is 18.2 Å². The normalized spacial score (nSPS) is 17.7. The molecule has 228 valence electrons. The first-order chi connectivity index (χ1) is 20.9. The number of piperazine rings is 1. The fraction of sp³-hybridized carbons (Fsp3) is 0.484. The van der Waals surface area contributed by atoms with Crippen molar-refractivity contribution in [3.63, 3.8) is 0 Å². The quantitative estimate of drug-likeness (QED) is 0.341. The number of fused-ring (bicyclic) bond motifs is 2. The predicted octanol–water partition coefficient (Wildman–Crippen LogP) is 1.77. The molecule has 12 heteroatoms. The third-order valence-corrected chi connectivity index (χ3v) is 8.21. The summed E-state index contributed by atoms with van der Waals surface area (Å²) in [5.41, 5.74) is 11.8. The van der Waals surface area contributed by atoms with Gasteiger partial charge in [-0.05, 0) is 37.9 Å². The number of amides is 1. The number of morpholine rings is 1. The van der Waals surface area contributed by atoms with E-state index in [9.17, 15) is 9.59 Å². The number of ketones is 1. The van der Waals surface area contributed by atoms with Crippen molar-refractivity contribution in [2.24, 2.45) is 0 Å². The largest absolute Gasteiger partial charge is 0.378 e. The first-order valence-electron chi connectivity index (χ1n) is 15.1. The minimum absolute atomic E-state index is 0.00213. The van der Waals surface area contributed by atoms with Gasteiger partial charge < -0.3 is 24.9 Å². The molecule has 0 unspecified atom stereocenters. The molecule has 3 aromatic rings. The Morgan fingerprint density at radius 3 is 2.67 bits per heavy atom. The first-order valence-corrected chi connectivity index (χ1v) is 15.1. The second-order valence-electron chi connectivity index (χ2n) is 11.6. The van der Waals surface area contributed by atoms with E-state index in [2.05, 4.69) is 45.0 Å². The number of aromatic nitrogens is 3. The maximum Gasteiger partial charge on any atom is 0.223 e. The number of carbonyl (C=O) groups is 2. The van der Waals surface area contributed by atoms with E-state index in [0.717, 1.165) is 67.4 Å². The lowest BCUT2D eigenvalue weighted by molar-refractivity contribution is -0.134. The van der Waals surface area contributed by atoms with E-state index in [1.807, 2.05) is 40.6 Å². The molecule has 2 fully saturated rings. The molecule has 0 atom stereocenters. The molecular formula is C31H41N9O3. The van der Waals surface area contributed by atoms with Gasteiger partial charge in [0.25, 0.3) is 0 Å². The summed E-state index contributed by atoms with van der Waals surface area (Å²) in [4.78, 5) is 38.5. The van der Waals surface area contributed by atoms with Gasteiger partial charge >= 0.3 is 0 Å². The van der Waals surface area contributed by atoms with Crippen LogP contribution in [0.5, 0.6) is 0 Å². The fourth-order valence-corrected chi connectivity index (χ4v) is 5.86. The molecule has 0 spiro atoms. The van der Waals surface area contributed by atoms with Gasteiger partial charge in [0, 0.05) is 89.1 Å². The van der Waals surface area contributed by atoms with Crippen LogP contribution in [0.3, 0.4) is 0 Å². The van der Waals surface area contributed by atoms with Crippen LogP contribution in [-0.2, 0) is 27.4 Å². The number of carbonyl (C=O) groups excluding carboxylic acids is 2. The zero-order chi connectivity index (χ0) is 29.8. The lowest BCUT2D eigenvalue weighted by atomic mass is 10.1. The van der Waals surface area contributed by atoms with E-state index in [1.165, 1.54) is 5.56 Å². The third kappa shape index (κ3) is 6.88. The molecule has 2 saturated heterocycles. The molecule has 0 radical (unpaired) electrons. The molecule has 6 rings (SSSR count). The van der Waals surface area contributed by atoms with E-state index in [4.69, 9.17) is 14.8 Å². The average Bonchev–Trinajstić information content (AvgIpc) is 3.67. The maximum atomic E-state index is 12.8. The number of rotatable bonds is 10. The molecule has 1 amide bonds. The van der Waals surface area contributed by atoms with Crippen molar-refractivity contribution in [3.8, 4) is 11.4 Å². The first kappa shape index (κ1) is 29.2. The van der Waals surface area contributed by atoms with Crippen molar-refractivity contribution in [3.05, 3.63) is 53.7 Å². The molecule has 5 heterocycles. The molecule has 0 aliphatic carbocycles. The highest BCUT2D eigenvalue weighted by atomic mass is 16.5. The number of benzene rings is 1. The Kier molecular flexibility index (Phi) is 8.98. The molecule has 0 saturated carbocycles. The summed E-state index contributed by atoms with van der Waals surface area (Å²) in [5, 5.41) is 4.98. The van der Waals surface area contributed by atoms with Gasteiger partial charge in [-0.15, -0.1) is 5.10 Å². The van der Waals surface area contributed by atoms with Crippen molar-refractivity contribution in [1.29, 1.82) is 0 Å². The lowest BCUT2D eigenvalue weighted by Crippen LogP contribution is -2.48. The van der Waals surface area contributed by atoms with Gasteiger partial charge in [0.1, 0.15) is 5.52 Å². The zero-order valence-electron chi connectivity index (χ0n) is 25.1. The van der Waals surface area contributed by atoms with Gasteiger partial charge in [0.05, 0.1) is 18.9 Å². The van der Waals surface area contributed by atoms with Crippen LogP contribution in [-0.4, -0.2) is 114 Å². The highest BCUT2D eigenvalue weighted by Gasteiger charge is 2.24. The van der Waals surface area contributed by atoms with Crippen LogP contribution >= 0.6 is 0 Å². The number of likely N-dealkylation sites (N-methyl/N-ethyl adjacent to an activating group) is 1. The zero-order valence-corrected chi connectivity index (χ0v) is 25.1. The predicted molar refractivity (Wildman–Crippen MR) is 166 cm³/mol. The summed E-state index contributed by atoms with van der Waals surface area (Å²) in [7, 11) is 3.91. The number of hydrogen-bond acceptors (Lipinski definition) is 10. The van der Waals surface area contributed by atoms with Gasteiger partial charge in [-0.3, -0.25) is 14.5 Å². The number of hydrazine groups is 1. The highest BCUT2D eigenvalue weighted by Crippen LogP contribution is 2.32. The molecule has 1 aromatic carbocycles. The average molecular weight is 588 g/mol. The minimum Gasteiger partial charge on any atom is -0.378 e. The van der Waals surface area contributed by atoms with Crippen LogP contribution in [0.2, 0.25) is 0 Å². The molecule has 2 N–H and O–H groups in total. The van der Waals surface area contributed by atoms with Crippen molar-refractivity contribution in [2.45, 2.75) is 25.9 Å². The van der Waals surface area contributed by atoms with Crippen molar-refractivity contribution < 1.29 is 14.3 Å². The van der Waals surface area contributed by atoms with Crippen molar-refractivity contribution in [2.75, 3.05) is 83.4 Å². The van der Waals surface area contributed by atoms with Crippen LogP contribution in [0.1, 0.15) is 24.0 Å². The third-order valence-electron chi connectivity index (χ3n) is 8.21. The Morgan fingerprint density at radius 2 is 1.88 bits per heavy atom. The van der Waals surface area contributed by atoms with E-state index in [0.29, 0.717) is 38.7 Å². The molecule has 12 nitrogen and oxygen atoms in total. The monoisotopic (exact) mass is 587 g/mol. The summed E-state index contributed by atoms with van der Waals surface area (Å²) >= 11 is 0. The molecule has 0 bridgehead atoms. The van der Waals surface area contributed by atoms with Crippen LogP contribution < -0.4 is 15.8 Å². The number of nitrogens with zero attached hydrogens (tertiary/aromatic N) is 7. The van der Waals surface area contributed by atoms with E-state index in [1.54, 1.807) is 6.08 Å². The van der Waals surface area contributed by atoms with Gasteiger partial charge in [-0.25, -0.2) is 14.9 Å². The van der Waals surface area contributed by atoms with Crippen LogP contribution in [0.15, 0.2) is 42.6 Å². The molecular weight excluding hydrogens is 546 g/mol.